The van der Waals surface area contributed by atoms with Crippen LogP contribution < -0.4 is 0 Å². The quantitative estimate of drug-likeness (QED) is 0.684. The van der Waals surface area contributed by atoms with E-state index in [9.17, 15) is 9.59 Å². The van der Waals surface area contributed by atoms with E-state index in [1.165, 1.54) is 44.9 Å². The molecule has 2 nitrogen and oxygen atoms in total. The Kier molecular flexibility index (Phi) is 4.75. The van der Waals surface area contributed by atoms with Gasteiger partial charge in [-0.2, -0.15) is 0 Å². The van der Waals surface area contributed by atoms with Gasteiger partial charge < -0.3 is 0 Å². The SMILES string of the molecule is O=[C]C(C(=O)CC1CCCCC1)C1CCCC1. The van der Waals surface area contributed by atoms with Crippen LogP contribution in [-0.2, 0) is 9.59 Å². The van der Waals surface area contributed by atoms with Crippen molar-refractivity contribution in [3.05, 3.63) is 0 Å². The summed E-state index contributed by atoms with van der Waals surface area (Å²) in [6.07, 6.45) is 13.3. The molecular weight excluding hydrogens is 212 g/mol. The number of hydrogen-bond donors (Lipinski definition) is 0. The summed E-state index contributed by atoms with van der Waals surface area (Å²) in [6.45, 7) is 0. The minimum Gasteiger partial charge on any atom is -0.299 e. The second-order valence-corrected chi connectivity index (χ2v) is 5.81. The monoisotopic (exact) mass is 235 g/mol. The highest BCUT2D eigenvalue weighted by Gasteiger charge is 2.32. The molecule has 1 atom stereocenters. The highest BCUT2D eigenvalue weighted by molar-refractivity contribution is 5.93. The van der Waals surface area contributed by atoms with E-state index in [4.69, 9.17) is 0 Å². The first kappa shape index (κ1) is 12.8. The van der Waals surface area contributed by atoms with E-state index in [0.717, 1.165) is 12.8 Å². The van der Waals surface area contributed by atoms with Crippen LogP contribution in [0, 0.1) is 17.8 Å². The number of Topliss-reactive ketones (excluding diaryl/α,β-unsaturated/α-hetero) is 1. The Morgan fingerprint density at radius 2 is 1.59 bits per heavy atom. The molecule has 1 unspecified atom stereocenters. The molecule has 0 N–H and O–H groups in total. The highest BCUT2D eigenvalue weighted by atomic mass is 16.1. The van der Waals surface area contributed by atoms with E-state index in [0.29, 0.717) is 18.3 Å². The van der Waals surface area contributed by atoms with Crippen molar-refractivity contribution in [1.82, 2.24) is 0 Å². The smallest absolute Gasteiger partial charge is 0.209 e. The predicted octanol–water partition coefficient (Wildman–Crippen LogP) is 3.44. The average Bonchev–Trinajstić information content (AvgIpc) is 2.85. The van der Waals surface area contributed by atoms with Gasteiger partial charge in [0.2, 0.25) is 6.29 Å². The number of ketones is 1. The minimum atomic E-state index is -0.403. The van der Waals surface area contributed by atoms with Gasteiger partial charge in [0.25, 0.3) is 0 Å². The van der Waals surface area contributed by atoms with Gasteiger partial charge >= 0.3 is 0 Å². The van der Waals surface area contributed by atoms with Crippen molar-refractivity contribution in [2.45, 2.75) is 64.2 Å². The molecule has 0 spiro atoms. The molecule has 1 radical (unpaired) electrons. The first-order chi connectivity index (χ1) is 8.31. The summed E-state index contributed by atoms with van der Waals surface area (Å²) in [5, 5.41) is 0. The minimum absolute atomic E-state index is 0.179. The van der Waals surface area contributed by atoms with Crippen molar-refractivity contribution in [1.29, 1.82) is 0 Å². The summed E-state index contributed by atoms with van der Waals surface area (Å²) in [4.78, 5) is 23.2. The largest absolute Gasteiger partial charge is 0.299 e. The first-order valence-corrected chi connectivity index (χ1v) is 7.21. The Labute approximate surface area is 104 Å². The molecule has 17 heavy (non-hydrogen) atoms. The molecule has 2 aliphatic rings. The Balaban J connectivity index is 1.85. The van der Waals surface area contributed by atoms with Crippen molar-refractivity contribution < 1.29 is 9.59 Å². The van der Waals surface area contributed by atoms with Crippen molar-refractivity contribution in [2.75, 3.05) is 0 Å². The maximum atomic E-state index is 12.2. The van der Waals surface area contributed by atoms with Crippen LogP contribution in [0.5, 0.6) is 0 Å². The molecule has 2 heteroatoms. The van der Waals surface area contributed by atoms with Crippen LogP contribution >= 0.6 is 0 Å². The van der Waals surface area contributed by atoms with Gasteiger partial charge in [-0.25, -0.2) is 0 Å². The second kappa shape index (κ2) is 6.32. The molecule has 0 aromatic heterocycles. The van der Waals surface area contributed by atoms with Crippen LogP contribution in [0.1, 0.15) is 64.2 Å². The zero-order valence-corrected chi connectivity index (χ0v) is 10.6. The molecule has 0 aromatic rings. The molecule has 2 rings (SSSR count). The summed E-state index contributed by atoms with van der Waals surface area (Å²) >= 11 is 0. The first-order valence-electron chi connectivity index (χ1n) is 7.21. The summed E-state index contributed by atoms with van der Waals surface area (Å²) < 4.78 is 0. The van der Waals surface area contributed by atoms with Crippen molar-refractivity contribution in [3.8, 4) is 0 Å². The van der Waals surface area contributed by atoms with Gasteiger partial charge in [0.05, 0.1) is 5.92 Å². The van der Waals surface area contributed by atoms with Crippen molar-refractivity contribution >= 4 is 12.1 Å². The third-order valence-corrected chi connectivity index (χ3v) is 4.56. The zero-order valence-electron chi connectivity index (χ0n) is 10.6. The molecule has 0 bridgehead atoms. The number of carbonyl (C=O) groups is 1. The topological polar surface area (TPSA) is 34.1 Å². The molecule has 2 saturated carbocycles. The van der Waals surface area contributed by atoms with E-state index >= 15 is 0 Å². The Bertz CT molecular complexity index is 260. The third kappa shape index (κ3) is 3.40. The molecule has 0 aliphatic heterocycles. The molecule has 0 saturated heterocycles. The number of carbonyl (C=O) groups excluding carboxylic acids is 2. The molecule has 0 aromatic carbocycles. The highest BCUT2D eigenvalue weighted by Crippen LogP contribution is 2.34. The van der Waals surface area contributed by atoms with Gasteiger partial charge in [0, 0.05) is 6.42 Å². The Morgan fingerprint density at radius 3 is 2.18 bits per heavy atom. The van der Waals surface area contributed by atoms with E-state index < -0.39 is 5.92 Å². The lowest BCUT2D eigenvalue weighted by Gasteiger charge is -2.23. The van der Waals surface area contributed by atoms with Gasteiger partial charge in [-0.05, 0) is 24.7 Å². The van der Waals surface area contributed by atoms with Gasteiger partial charge in [-0.15, -0.1) is 0 Å². The Morgan fingerprint density at radius 1 is 1.00 bits per heavy atom. The maximum Gasteiger partial charge on any atom is 0.209 e. The van der Waals surface area contributed by atoms with Crippen LogP contribution in [0.2, 0.25) is 0 Å². The fourth-order valence-electron chi connectivity index (χ4n) is 3.52. The standard InChI is InChI=1S/C15H23O2/c16-11-14(13-8-4-5-9-13)15(17)10-12-6-2-1-3-7-12/h12-14H,1-10H2. The average molecular weight is 235 g/mol. The second-order valence-electron chi connectivity index (χ2n) is 5.81. The number of rotatable bonds is 5. The van der Waals surface area contributed by atoms with E-state index in [1.54, 1.807) is 0 Å². The van der Waals surface area contributed by atoms with Gasteiger partial charge in [0.1, 0.15) is 5.78 Å². The van der Waals surface area contributed by atoms with E-state index in [2.05, 4.69) is 0 Å². The predicted molar refractivity (Wildman–Crippen MR) is 67.3 cm³/mol. The van der Waals surface area contributed by atoms with E-state index in [-0.39, 0.29) is 5.78 Å². The molecule has 0 amide bonds. The lowest BCUT2D eigenvalue weighted by molar-refractivity contribution is -0.123. The molecule has 0 heterocycles. The maximum absolute atomic E-state index is 12.2. The van der Waals surface area contributed by atoms with E-state index in [1.807, 2.05) is 6.29 Å². The van der Waals surface area contributed by atoms with Gasteiger partial charge in [-0.1, -0.05) is 44.9 Å². The fraction of sp³-hybridized carbons (Fsp3) is 0.867. The summed E-state index contributed by atoms with van der Waals surface area (Å²) in [7, 11) is 0. The van der Waals surface area contributed by atoms with Crippen LogP contribution in [-0.4, -0.2) is 12.1 Å². The third-order valence-electron chi connectivity index (χ3n) is 4.56. The lowest BCUT2D eigenvalue weighted by Crippen LogP contribution is -2.26. The van der Waals surface area contributed by atoms with Crippen LogP contribution in [0.15, 0.2) is 0 Å². The summed E-state index contributed by atoms with van der Waals surface area (Å²) in [6, 6.07) is 0. The van der Waals surface area contributed by atoms with Crippen LogP contribution in [0.3, 0.4) is 0 Å². The normalized spacial score (nSPS) is 24.7. The van der Waals surface area contributed by atoms with Gasteiger partial charge in [-0.3, -0.25) is 9.59 Å². The lowest BCUT2D eigenvalue weighted by atomic mass is 9.80. The summed E-state index contributed by atoms with van der Waals surface area (Å²) in [5.41, 5.74) is 0. The van der Waals surface area contributed by atoms with Crippen molar-refractivity contribution in [2.24, 2.45) is 17.8 Å². The van der Waals surface area contributed by atoms with Crippen LogP contribution in [0.4, 0.5) is 0 Å². The Hall–Kier alpha value is -0.660. The van der Waals surface area contributed by atoms with Gasteiger partial charge in [0.15, 0.2) is 0 Å². The molecule has 95 valence electrons. The van der Waals surface area contributed by atoms with Crippen LogP contribution in [0.25, 0.3) is 0 Å². The van der Waals surface area contributed by atoms with Crippen molar-refractivity contribution in [3.63, 3.8) is 0 Å². The zero-order chi connectivity index (χ0) is 12.1. The molecule has 2 fully saturated rings. The fourth-order valence-corrected chi connectivity index (χ4v) is 3.52. The molecule has 2 aliphatic carbocycles. The summed E-state index contributed by atoms with van der Waals surface area (Å²) in [5.74, 6) is 0.635. The molecular formula is C15H23O2. The number of hydrogen-bond acceptors (Lipinski definition) is 2.